The molecule has 0 saturated heterocycles. The average molecular weight is 444 g/mol. The Hall–Kier alpha value is -1.04. The zero-order valence-corrected chi connectivity index (χ0v) is 15.7. The van der Waals surface area contributed by atoms with Gasteiger partial charge in [0.15, 0.2) is 11.6 Å². The Labute approximate surface area is 154 Å². The van der Waals surface area contributed by atoms with E-state index in [2.05, 4.69) is 29.5 Å². The van der Waals surface area contributed by atoms with Gasteiger partial charge in [-0.3, -0.25) is 0 Å². The van der Waals surface area contributed by atoms with E-state index >= 15 is 0 Å². The van der Waals surface area contributed by atoms with E-state index in [1.165, 1.54) is 18.9 Å². The third-order valence-electron chi connectivity index (χ3n) is 5.12. The van der Waals surface area contributed by atoms with Gasteiger partial charge in [-0.05, 0) is 66.8 Å². The van der Waals surface area contributed by atoms with Crippen LogP contribution >= 0.6 is 22.6 Å². The van der Waals surface area contributed by atoms with Crippen LogP contribution in [0.25, 0.3) is 11.1 Å². The smallest absolute Gasteiger partial charge is 0.159 e. The lowest BCUT2D eigenvalue weighted by atomic mass is 9.77. The van der Waals surface area contributed by atoms with Crippen molar-refractivity contribution in [1.29, 1.82) is 0 Å². The van der Waals surface area contributed by atoms with Crippen molar-refractivity contribution in [3.8, 4) is 11.1 Å². The Bertz CT molecular complexity index is 719. The van der Waals surface area contributed by atoms with Gasteiger partial charge in [0.1, 0.15) is 5.82 Å². The summed E-state index contributed by atoms with van der Waals surface area (Å²) in [5, 5.41) is 0. The van der Waals surface area contributed by atoms with Crippen LogP contribution in [0, 0.1) is 23.4 Å². The van der Waals surface area contributed by atoms with Crippen molar-refractivity contribution < 1.29 is 13.2 Å². The lowest BCUT2D eigenvalue weighted by Gasteiger charge is -2.30. The van der Waals surface area contributed by atoms with Gasteiger partial charge >= 0.3 is 0 Å². The van der Waals surface area contributed by atoms with E-state index < -0.39 is 11.6 Å². The van der Waals surface area contributed by atoms with Crippen molar-refractivity contribution in [2.24, 2.45) is 5.92 Å². The number of hydrogen-bond acceptors (Lipinski definition) is 0. The number of benzene rings is 2. The molecule has 0 heterocycles. The summed E-state index contributed by atoms with van der Waals surface area (Å²) in [4.78, 5) is 0. The van der Waals surface area contributed by atoms with Crippen LogP contribution in [-0.2, 0) is 0 Å². The predicted octanol–water partition coefficient (Wildman–Crippen LogP) is 6.87. The van der Waals surface area contributed by atoms with Crippen molar-refractivity contribution in [3.63, 3.8) is 0 Å². The largest absolute Gasteiger partial charge is 0.206 e. The molecule has 0 aromatic heterocycles. The van der Waals surface area contributed by atoms with Crippen LogP contribution in [0.2, 0.25) is 0 Å². The maximum absolute atomic E-state index is 14.5. The summed E-state index contributed by atoms with van der Waals surface area (Å²) >= 11 is 2.49. The molecular formula is C20H20F3I. The molecule has 3 rings (SSSR count). The predicted molar refractivity (Wildman–Crippen MR) is 99.9 cm³/mol. The Balaban J connectivity index is 1.79. The fourth-order valence-electron chi connectivity index (χ4n) is 3.59. The zero-order valence-electron chi connectivity index (χ0n) is 13.5. The van der Waals surface area contributed by atoms with E-state index in [-0.39, 0.29) is 5.82 Å². The zero-order chi connectivity index (χ0) is 17.3. The monoisotopic (exact) mass is 444 g/mol. The van der Waals surface area contributed by atoms with Crippen molar-refractivity contribution in [2.45, 2.75) is 42.4 Å². The number of halogens is 4. The Morgan fingerprint density at radius 3 is 2.17 bits per heavy atom. The van der Waals surface area contributed by atoms with Crippen LogP contribution in [0.15, 0.2) is 36.4 Å². The average Bonchev–Trinajstić information content (AvgIpc) is 2.57. The maximum atomic E-state index is 14.5. The van der Waals surface area contributed by atoms with Crippen molar-refractivity contribution in [3.05, 3.63) is 59.4 Å². The van der Waals surface area contributed by atoms with Crippen LogP contribution in [0.5, 0.6) is 0 Å². The minimum absolute atomic E-state index is 0.312. The second-order valence-electron chi connectivity index (χ2n) is 6.66. The Kier molecular flexibility index (Phi) is 5.52. The second kappa shape index (κ2) is 7.46. The highest BCUT2D eigenvalue weighted by Gasteiger charge is 2.25. The van der Waals surface area contributed by atoms with E-state index in [1.54, 1.807) is 12.1 Å². The van der Waals surface area contributed by atoms with Gasteiger partial charge in [0.2, 0.25) is 0 Å². The third kappa shape index (κ3) is 3.79. The Morgan fingerprint density at radius 2 is 1.58 bits per heavy atom. The molecule has 4 heteroatoms. The number of hydrogen-bond donors (Lipinski definition) is 0. The molecule has 1 aliphatic rings. The summed E-state index contributed by atoms with van der Waals surface area (Å²) in [5.41, 5.74) is 1.69. The highest BCUT2D eigenvalue weighted by atomic mass is 127. The fraction of sp³-hybridized carbons (Fsp3) is 0.400. The molecule has 0 aliphatic heterocycles. The lowest BCUT2D eigenvalue weighted by molar-refractivity contribution is 0.330. The minimum atomic E-state index is -0.956. The topological polar surface area (TPSA) is 0 Å². The normalized spacial score (nSPS) is 22.4. The standard InChI is InChI=1S/C20H20F3I/c1-12(24)13-2-4-14(5-3-13)15-6-8-17(19(22)10-15)16-7-9-18(21)20(23)11-16/h6-14H,2-5H2,1H3/t12-,13?,14?/m0/s1. The molecule has 1 fully saturated rings. The summed E-state index contributed by atoms with van der Waals surface area (Å²) in [6.07, 6.45) is 4.53. The summed E-state index contributed by atoms with van der Waals surface area (Å²) in [6, 6.07) is 8.66. The molecule has 128 valence electrons. The molecule has 0 spiro atoms. The molecule has 0 amide bonds. The Morgan fingerprint density at radius 1 is 0.875 bits per heavy atom. The highest BCUT2D eigenvalue weighted by molar-refractivity contribution is 14.1. The van der Waals surface area contributed by atoms with E-state index in [9.17, 15) is 13.2 Å². The van der Waals surface area contributed by atoms with E-state index in [1.807, 2.05) is 6.07 Å². The molecule has 1 saturated carbocycles. The van der Waals surface area contributed by atoms with Gasteiger partial charge in [-0.15, -0.1) is 0 Å². The maximum Gasteiger partial charge on any atom is 0.159 e. The van der Waals surface area contributed by atoms with Crippen LogP contribution in [-0.4, -0.2) is 3.92 Å². The molecule has 0 N–H and O–H groups in total. The van der Waals surface area contributed by atoms with Crippen LogP contribution in [0.4, 0.5) is 13.2 Å². The van der Waals surface area contributed by atoms with Crippen LogP contribution < -0.4 is 0 Å². The molecule has 0 radical (unpaired) electrons. The van der Waals surface area contributed by atoms with E-state index in [4.69, 9.17) is 0 Å². The van der Waals surface area contributed by atoms with Crippen LogP contribution in [0.1, 0.15) is 44.1 Å². The molecule has 0 bridgehead atoms. The summed E-state index contributed by atoms with van der Waals surface area (Å²) < 4.78 is 41.6. The number of rotatable bonds is 3. The first-order valence-electron chi connectivity index (χ1n) is 8.34. The molecule has 2 aromatic carbocycles. The molecule has 1 aliphatic carbocycles. The first kappa shape index (κ1) is 17.8. The summed E-state index contributed by atoms with van der Waals surface area (Å²) in [7, 11) is 0. The quantitative estimate of drug-likeness (QED) is 0.358. The van der Waals surface area contributed by atoms with Crippen molar-refractivity contribution in [2.75, 3.05) is 0 Å². The van der Waals surface area contributed by atoms with Gasteiger partial charge in [-0.25, -0.2) is 13.2 Å². The van der Waals surface area contributed by atoms with Gasteiger partial charge < -0.3 is 0 Å². The number of alkyl halides is 1. The minimum Gasteiger partial charge on any atom is -0.206 e. The first-order valence-corrected chi connectivity index (χ1v) is 9.59. The van der Waals surface area contributed by atoms with E-state index in [0.717, 1.165) is 36.5 Å². The molecule has 2 aromatic rings. The molecule has 0 unspecified atom stereocenters. The van der Waals surface area contributed by atoms with Gasteiger partial charge in [0, 0.05) is 9.49 Å². The SMILES string of the molecule is C[C@H](I)C1CCC(c2ccc(-c3ccc(F)c(F)c3)c(F)c2)CC1. The molecular weight excluding hydrogens is 424 g/mol. The molecule has 24 heavy (non-hydrogen) atoms. The molecule has 1 atom stereocenters. The first-order chi connectivity index (χ1) is 11.5. The fourth-order valence-corrected chi connectivity index (χ4v) is 4.31. The van der Waals surface area contributed by atoms with E-state index in [0.29, 0.717) is 21.0 Å². The second-order valence-corrected chi connectivity index (χ2v) is 8.62. The summed E-state index contributed by atoms with van der Waals surface area (Å²) in [6.45, 7) is 2.25. The van der Waals surface area contributed by atoms with Gasteiger partial charge in [-0.2, -0.15) is 0 Å². The van der Waals surface area contributed by atoms with Gasteiger partial charge in [0.05, 0.1) is 0 Å². The van der Waals surface area contributed by atoms with Crippen LogP contribution in [0.3, 0.4) is 0 Å². The van der Waals surface area contributed by atoms with Gasteiger partial charge in [-0.1, -0.05) is 47.7 Å². The highest BCUT2D eigenvalue weighted by Crippen LogP contribution is 2.39. The van der Waals surface area contributed by atoms with Gasteiger partial charge in [0.25, 0.3) is 0 Å². The summed E-state index contributed by atoms with van der Waals surface area (Å²) in [5.74, 6) is -1.10. The lowest BCUT2D eigenvalue weighted by Crippen LogP contribution is -2.19. The third-order valence-corrected chi connectivity index (χ3v) is 6.13. The van der Waals surface area contributed by atoms with Crippen molar-refractivity contribution >= 4 is 22.6 Å². The van der Waals surface area contributed by atoms with Crippen molar-refractivity contribution in [1.82, 2.24) is 0 Å². The molecule has 0 nitrogen and oxygen atoms in total.